The van der Waals surface area contributed by atoms with E-state index in [4.69, 9.17) is 4.42 Å². The molecular weight excluding hydrogens is 324 g/mol. The third-order valence-electron chi connectivity index (χ3n) is 6.68. The third-order valence-corrected chi connectivity index (χ3v) is 6.68. The SMILES string of the molecule is CC1C(=O)CC2C(CO)C(O)C(O)CC2(C)C1CC(=O)c1ccoc1. The van der Waals surface area contributed by atoms with Crippen molar-refractivity contribution in [3.63, 3.8) is 0 Å². The fourth-order valence-corrected chi connectivity index (χ4v) is 5.13. The lowest BCUT2D eigenvalue weighted by atomic mass is 9.48. The summed E-state index contributed by atoms with van der Waals surface area (Å²) in [5, 5.41) is 30.3. The fraction of sp³-hybridized carbons (Fsp3) is 0.684. The summed E-state index contributed by atoms with van der Waals surface area (Å²) < 4.78 is 4.98. The second-order valence-corrected chi connectivity index (χ2v) is 7.93. The molecule has 2 aliphatic carbocycles. The number of carbonyl (C=O) groups excluding carboxylic acids is 2. The Labute approximate surface area is 146 Å². The van der Waals surface area contributed by atoms with E-state index in [1.54, 1.807) is 6.07 Å². The molecule has 2 fully saturated rings. The summed E-state index contributed by atoms with van der Waals surface area (Å²) >= 11 is 0. The van der Waals surface area contributed by atoms with E-state index < -0.39 is 23.5 Å². The van der Waals surface area contributed by atoms with Crippen LogP contribution in [0.4, 0.5) is 0 Å². The van der Waals surface area contributed by atoms with Gasteiger partial charge in [-0.05, 0) is 29.7 Å². The van der Waals surface area contributed by atoms with Crippen LogP contribution in [-0.2, 0) is 4.79 Å². The van der Waals surface area contributed by atoms with Crippen molar-refractivity contribution in [3.8, 4) is 0 Å². The molecule has 0 spiro atoms. The van der Waals surface area contributed by atoms with Gasteiger partial charge in [0.25, 0.3) is 0 Å². The van der Waals surface area contributed by atoms with E-state index in [0.717, 1.165) is 0 Å². The number of carbonyl (C=O) groups is 2. The Balaban J connectivity index is 1.94. The van der Waals surface area contributed by atoms with E-state index in [-0.39, 0.29) is 48.8 Å². The average molecular weight is 350 g/mol. The lowest BCUT2D eigenvalue weighted by Gasteiger charge is -2.57. The lowest BCUT2D eigenvalue weighted by molar-refractivity contribution is -0.176. The first-order valence-electron chi connectivity index (χ1n) is 8.84. The molecule has 0 saturated heterocycles. The summed E-state index contributed by atoms with van der Waals surface area (Å²) in [6.45, 7) is 3.52. The van der Waals surface area contributed by atoms with E-state index in [1.807, 2.05) is 13.8 Å². The molecule has 0 aliphatic heterocycles. The number of hydrogen-bond donors (Lipinski definition) is 3. The molecule has 25 heavy (non-hydrogen) atoms. The van der Waals surface area contributed by atoms with Crippen molar-refractivity contribution in [2.45, 2.75) is 45.3 Å². The molecule has 2 aliphatic rings. The molecule has 7 atom stereocenters. The maximum Gasteiger partial charge on any atom is 0.166 e. The van der Waals surface area contributed by atoms with Crippen molar-refractivity contribution in [2.24, 2.45) is 29.1 Å². The van der Waals surface area contributed by atoms with Gasteiger partial charge in [-0.2, -0.15) is 0 Å². The number of aliphatic hydroxyl groups excluding tert-OH is 3. The molecule has 2 saturated carbocycles. The van der Waals surface area contributed by atoms with Crippen LogP contribution in [0.5, 0.6) is 0 Å². The zero-order valence-corrected chi connectivity index (χ0v) is 14.6. The van der Waals surface area contributed by atoms with Crippen LogP contribution >= 0.6 is 0 Å². The summed E-state index contributed by atoms with van der Waals surface area (Å²) in [5.74, 6) is -1.41. The summed E-state index contributed by atoms with van der Waals surface area (Å²) in [6.07, 6.45) is 1.59. The quantitative estimate of drug-likeness (QED) is 0.709. The van der Waals surface area contributed by atoms with E-state index in [9.17, 15) is 24.9 Å². The molecular formula is C19H26O6. The third kappa shape index (κ3) is 2.96. The summed E-state index contributed by atoms with van der Waals surface area (Å²) in [7, 11) is 0. The van der Waals surface area contributed by atoms with Crippen molar-refractivity contribution in [1.29, 1.82) is 0 Å². The Morgan fingerprint density at radius 2 is 2.12 bits per heavy atom. The smallest absolute Gasteiger partial charge is 0.166 e. The van der Waals surface area contributed by atoms with Crippen molar-refractivity contribution < 1.29 is 29.3 Å². The van der Waals surface area contributed by atoms with Crippen LogP contribution < -0.4 is 0 Å². The summed E-state index contributed by atoms with van der Waals surface area (Å²) in [6, 6.07) is 1.60. The van der Waals surface area contributed by atoms with E-state index in [2.05, 4.69) is 0 Å². The zero-order valence-electron chi connectivity index (χ0n) is 14.6. The molecule has 3 N–H and O–H groups in total. The highest BCUT2D eigenvalue weighted by Crippen LogP contribution is 2.57. The van der Waals surface area contributed by atoms with Crippen LogP contribution in [0.2, 0.25) is 0 Å². The molecule has 0 bridgehead atoms. The predicted octanol–water partition coefficient (Wildman–Crippen LogP) is 1.43. The number of aliphatic hydroxyl groups is 3. The van der Waals surface area contributed by atoms with Crippen LogP contribution in [-0.4, -0.2) is 45.7 Å². The van der Waals surface area contributed by atoms with Gasteiger partial charge in [-0.3, -0.25) is 9.59 Å². The molecule has 7 unspecified atom stereocenters. The first-order chi connectivity index (χ1) is 11.8. The van der Waals surface area contributed by atoms with E-state index in [0.29, 0.717) is 12.0 Å². The molecule has 1 heterocycles. The number of ketones is 2. The highest BCUT2D eigenvalue weighted by atomic mass is 16.3. The molecule has 3 rings (SSSR count). The van der Waals surface area contributed by atoms with Gasteiger partial charge in [0, 0.05) is 31.3 Å². The Bertz CT molecular complexity index is 638. The van der Waals surface area contributed by atoms with Gasteiger partial charge in [-0.15, -0.1) is 0 Å². The maximum atomic E-state index is 12.6. The van der Waals surface area contributed by atoms with Gasteiger partial charge in [0.2, 0.25) is 0 Å². The molecule has 1 aromatic rings. The van der Waals surface area contributed by atoms with Gasteiger partial charge in [-0.25, -0.2) is 0 Å². The lowest BCUT2D eigenvalue weighted by Crippen LogP contribution is -2.60. The van der Waals surface area contributed by atoms with E-state index >= 15 is 0 Å². The first-order valence-corrected chi connectivity index (χ1v) is 8.84. The van der Waals surface area contributed by atoms with E-state index in [1.165, 1.54) is 12.5 Å². The molecule has 0 radical (unpaired) electrons. The second kappa shape index (κ2) is 6.67. The Hall–Kier alpha value is -1.50. The second-order valence-electron chi connectivity index (χ2n) is 7.93. The Kier molecular flexibility index (Phi) is 4.88. The van der Waals surface area contributed by atoms with Crippen LogP contribution in [0.3, 0.4) is 0 Å². The average Bonchev–Trinajstić information content (AvgIpc) is 3.10. The maximum absolute atomic E-state index is 12.6. The topological polar surface area (TPSA) is 108 Å². The normalized spacial score (nSPS) is 41.4. The van der Waals surface area contributed by atoms with Gasteiger partial charge in [0.1, 0.15) is 12.0 Å². The summed E-state index contributed by atoms with van der Waals surface area (Å²) in [5.41, 5.74) is -0.0286. The minimum atomic E-state index is -1.05. The fourth-order valence-electron chi connectivity index (χ4n) is 5.13. The molecule has 1 aromatic heterocycles. The Morgan fingerprint density at radius 3 is 2.72 bits per heavy atom. The minimum absolute atomic E-state index is 0.0505. The van der Waals surface area contributed by atoms with Gasteiger partial charge in [-0.1, -0.05) is 13.8 Å². The van der Waals surface area contributed by atoms with Crippen molar-refractivity contribution in [3.05, 3.63) is 24.2 Å². The molecule has 0 amide bonds. The number of fused-ring (bicyclic) bond motifs is 1. The number of rotatable bonds is 4. The molecule has 138 valence electrons. The Morgan fingerprint density at radius 1 is 1.40 bits per heavy atom. The number of furan rings is 1. The predicted molar refractivity (Wildman–Crippen MR) is 88.7 cm³/mol. The number of Topliss-reactive ketones (excluding diaryl/α,β-unsaturated/α-hetero) is 2. The molecule has 6 heteroatoms. The van der Waals surface area contributed by atoms with Crippen LogP contribution in [0, 0.1) is 29.1 Å². The van der Waals surface area contributed by atoms with Crippen molar-refractivity contribution in [1.82, 2.24) is 0 Å². The van der Waals surface area contributed by atoms with Gasteiger partial charge in [0.05, 0.1) is 24.0 Å². The minimum Gasteiger partial charge on any atom is -0.472 e. The monoisotopic (exact) mass is 350 g/mol. The largest absolute Gasteiger partial charge is 0.472 e. The highest BCUT2D eigenvalue weighted by molar-refractivity contribution is 5.96. The van der Waals surface area contributed by atoms with Gasteiger partial charge >= 0.3 is 0 Å². The van der Waals surface area contributed by atoms with Crippen LogP contribution in [0.25, 0.3) is 0 Å². The van der Waals surface area contributed by atoms with Crippen LogP contribution in [0.1, 0.15) is 43.5 Å². The zero-order chi connectivity index (χ0) is 18.4. The standard InChI is InChI=1S/C19H26O6/c1-10-13(5-16(22)11-3-4-25-9-11)19(2)7-17(23)18(24)12(8-20)14(19)6-15(10)21/h3-4,9-10,12-14,17-18,20,23-24H,5-8H2,1-2H3. The summed E-state index contributed by atoms with van der Waals surface area (Å²) in [4.78, 5) is 25.2. The highest BCUT2D eigenvalue weighted by Gasteiger charge is 2.58. The number of hydrogen-bond acceptors (Lipinski definition) is 6. The van der Waals surface area contributed by atoms with Crippen LogP contribution in [0.15, 0.2) is 23.0 Å². The van der Waals surface area contributed by atoms with Gasteiger partial charge < -0.3 is 19.7 Å². The first kappa shape index (κ1) is 18.3. The molecule has 6 nitrogen and oxygen atoms in total. The van der Waals surface area contributed by atoms with Crippen molar-refractivity contribution in [2.75, 3.05) is 6.61 Å². The van der Waals surface area contributed by atoms with Crippen molar-refractivity contribution >= 4 is 11.6 Å². The molecule has 0 aromatic carbocycles. The van der Waals surface area contributed by atoms with Gasteiger partial charge in [0.15, 0.2) is 5.78 Å².